The molecule has 1 aliphatic heterocycles. The van der Waals surface area contributed by atoms with Crippen molar-refractivity contribution >= 4 is 11.9 Å². The molecular formula is C12H17N3O5. The Morgan fingerprint density at radius 3 is 3.05 bits per heavy atom. The first-order valence-electron chi connectivity index (χ1n) is 6.40. The number of aromatic carboxylic acids is 1. The molecule has 8 nitrogen and oxygen atoms in total. The lowest BCUT2D eigenvalue weighted by molar-refractivity contribution is -0.133. The lowest BCUT2D eigenvalue weighted by Gasteiger charge is -2.33. The number of morpholine rings is 1. The minimum atomic E-state index is -1.14. The lowest BCUT2D eigenvalue weighted by Crippen LogP contribution is -2.53. The summed E-state index contributed by atoms with van der Waals surface area (Å²) in [5, 5.41) is 15.0. The first-order chi connectivity index (χ1) is 9.61. The average molecular weight is 283 g/mol. The number of ether oxygens (including phenoxy) is 1. The van der Waals surface area contributed by atoms with Crippen molar-refractivity contribution < 1.29 is 24.0 Å². The zero-order valence-electron chi connectivity index (χ0n) is 11.2. The van der Waals surface area contributed by atoms with Crippen LogP contribution in [0.2, 0.25) is 0 Å². The van der Waals surface area contributed by atoms with Gasteiger partial charge >= 0.3 is 5.97 Å². The first-order valence-corrected chi connectivity index (χ1v) is 6.40. The van der Waals surface area contributed by atoms with Crippen molar-refractivity contribution in [2.75, 3.05) is 26.3 Å². The highest BCUT2D eigenvalue weighted by molar-refractivity contribution is 5.85. The smallest absolute Gasteiger partial charge is 0.358 e. The van der Waals surface area contributed by atoms with Gasteiger partial charge < -0.3 is 19.7 Å². The maximum Gasteiger partial charge on any atom is 0.358 e. The number of hydrogen-bond donors (Lipinski definition) is 2. The molecule has 1 unspecified atom stereocenters. The van der Waals surface area contributed by atoms with Crippen LogP contribution in [-0.2, 0) is 16.1 Å². The highest BCUT2D eigenvalue weighted by atomic mass is 16.5. The molecule has 0 spiro atoms. The van der Waals surface area contributed by atoms with Crippen LogP contribution in [0.1, 0.15) is 23.2 Å². The normalized spacial score (nSPS) is 19.8. The Labute approximate surface area is 115 Å². The van der Waals surface area contributed by atoms with Gasteiger partial charge in [-0.3, -0.25) is 9.69 Å². The second kappa shape index (κ2) is 6.49. The summed E-state index contributed by atoms with van der Waals surface area (Å²) in [6.45, 7) is 4.13. The maximum absolute atomic E-state index is 11.9. The summed E-state index contributed by atoms with van der Waals surface area (Å²) in [5.41, 5.74) is -0.136. The number of hydrogen-bond acceptors (Lipinski definition) is 6. The van der Waals surface area contributed by atoms with Gasteiger partial charge in [-0.2, -0.15) is 0 Å². The summed E-state index contributed by atoms with van der Waals surface area (Å²) in [6, 6.07) is 0.967. The molecule has 0 aliphatic carbocycles. The molecule has 1 aliphatic rings. The number of carbonyl (C=O) groups excluding carboxylic acids is 1. The fraction of sp³-hybridized carbons (Fsp3) is 0.583. The summed E-state index contributed by atoms with van der Waals surface area (Å²) in [4.78, 5) is 24.6. The Balaban J connectivity index is 2.04. The van der Waals surface area contributed by atoms with E-state index in [-0.39, 0.29) is 11.6 Å². The molecular weight excluding hydrogens is 266 g/mol. The van der Waals surface area contributed by atoms with E-state index in [1.54, 1.807) is 0 Å². The van der Waals surface area contributed by atoms with Gasteiger partial charge in [-0.15, -0.1) is 0 Å². The summed E-state index contributed by atoms with van der Waals surface area (Å²) in [5.74, 6) is -0.828. The van der Waals surface area contributed by atoms with E-state index in [4.69, 9.17) is 14.4 Å². The van der Waals surface area contributed by atoms with Gasteiger partial charge in [-0.25, -0.2) is 4.79 Å². The summed E-state index contributed by atoms with van der Waals surface area (Å²) >= 11 is 0. The third kappa shape index (κ3) is 3.34. The zero-order chi connectivity index (χ0) is 14.5. The number of nitrogens with zero attached hydrogens (tertiary/aromatic N) is 2. The van der Waals surface area contributed by atoms with E-state index in [2.05, 4.69) is 10.5 Å². The van der Waals surface area contributed by atoms with Crippen LogP contribution in [0.4, 0.5) is 0 Å². The lowest BCUT2D eigenvalue weighted by atomic mass is 10.2. The van der Waals surface area contributed by atoms with Crippen LogP contribution in [0.25, 0.3) is 0 Å². The Bertz CT molecular complexity index is 487. The van der Waals surface area contributed by atoms with Crippen molar-refractivity contribution in [3.05, 3.63) is 17.5 Å². The second-order valence-corrected chi connectivity index (χ2v) is 4.44. The number of likely N-dealkylation sites (N-methyl/N-ethyl adjacent to an activating group) is 1. The quantitative estimate of drug-likeness (QED) is 0.765. The van der Waals surface area contributed by atoms with E-state index in [0.29, 0.717) is 38.6 Å². The van der Waals surface area contributed by atoms with E-state index in [9.17, 15) is 9.59 Å². The van der Waals surface area contributed by atoms with E-state index < -0.39 is 12.0 Å². The van der Waals surface area contributed by atoms with Gasteiger partial charge in [0.2, 0.25) is 5.91 Å². The van der Waals surface area contributed by atoms with E-state index in [1.165, 1.54) is 6.07 Å². The molecule has 2 heterocycles. The van der Waals surface area contributed by atoms with Crippen molar-refractivity contribution in [2.24, 2.45) is 0 Å². The minimum Gasteiger partial charge on any atom is -0.476 e. The molecule has 1 fully saturated rings. The standard InChI is InChI=1S/C12H17N3O5/c1-2-13-11(16)10-7-19-4-3-15(10)6-8-5-9(12(17)18)14-20-8/h5,10H,2-4,6-7H2,1H3,(H,13,16)(H,17,18). The Kier molecular flexibility index (Phi) is 4.70. The molecule has 0 radical (unpaired) electrons. The fourth-order valence-corrected chi connectivity index (χ4v) is 2.05. The number of rotatable bonds is 5. The van der Waals surface area contributed by atoms with Gasteiger partial charge in [-0.1, -0.05) is 5.16 Å². The van der Waals surface area contributed by atoms with Gasteiger partial charge in [0.05, 0.1) is 19.8 Å². The van der Waals surface area contributed by atoms with Crippen molar-refractivity contribution in [1.82, 2.24) is 15.4 Å². The topological polar surface area (TPSA) is 105 Å². The van der Waals surface area contributed by atoms with Gasteiger partial charge in [0.25, 0.3) is 0 Å². The van der Waals surface area contributed by atoms with Crippen molar-refractivity contribution in [1.29, 1.82) is 0 Å². The molecule has 1 saturated heterocycles. The van der Waals surface area contributed by atoms with Gasteiger partial charge in [0.15, 0.2) is 11.5 Å². The predicted molar refractivity (Wildman–Crippen MR) is 67.2 cm³/mol. The maximum atomic E-state index is 11.9. The molecule has 0 bridgehead atoms. The second-order valence-electron chi connectivity index (χ2n) is 4.44. The summed E-state index contributed by atoms with van der Waals surface area (Å²) in [7, 11) is 0. The third-order valence-electron chi connectivity index (χ3n) is 3.03. The average Bonchev–Trinajstić information content (AvgIpc) is 2.88. The third-order valence-corrected chi connectivity index (χ3v) is 3.03. The Hall–Kier alpha value is -1.93. The van der Waals surface area contributed by atoms with Crippen LogP contribution < -0.4 is 5.32 Å². The van der Waals surface area contributed by atoms with Crippen LogP contribution in [0, 0.1) is 0 Å². The van der Waals surface area contributed by atoms with Crippen LogP contribution in [-0.4, -0.2) is 59.4 Å². The van der Waals surface area contributed by atoms with Crippen molar-refractivity contribution in [2.45, 2.75) is 19.5 Å². The molecule has 1 amide bonds. The largest absolute Gasteiger partial charge is 0.476 e. The number of aromatic nitrogens is 1. The molecule has 1 aromatic heterocycles. The fourth-order valence-electron chi connectivity index (χ4n) is 2.05. The van der Waals surface area contributed by atoms with Crippen LogP contribution >= 0.6 is 0 Å². The van der Waals surface area contributed by atoms with E-state index >= 15 is 0 Å². The Morgan fingerprint density at radius 2 is 2.40 bits per heavy atom. The molecule has 0 aromatic carbocycles. The molecule has 1 atom stereocenters. The first kappa shape index (κ1) is 14.5. The minimum absolute atomic E-state index is 0.106. The van der Waals surface area contributed by atoms with Gasteiger partial charge in [-0.05, 0) is 6.92 Å². The molecule has 0 saturated carbocycles. The highest BCUT2D eigenvalue weighted by Crippen LogP contribution is 2.13. The number of amides is 1. The number of nitrogens with one attached hydrogen (secondary N) is 1. The number of carboxylic acid groups (broad SMARTS) is 1. The SMILES string of the molecule is CCNC(=O)C1COCCN1Cc1cc(C(=O)O)no1. The highest BCUT2D eigenvalue weighted by Gasteiger charge is 2.30. The summed E-state index contributed by atoms with van der Waals surface area (Å²) in [6.07, 6.45) is 0. The molecule has 1 aromatic rings. The van der Waals surface area contributed by atoms with Crippen molar-refractivity contribution in [3.8, 4) is 0 Å². The molecule has 2 rings (SSSR count). The van der Waals surface area contributed by atoms with Gasteiger partial charge in [0, 0.05) is 19.2 Å². The summed E-state index contributed by atoms with van der Waals surface area (Å²) < 4.78 is 10.3. The van der Waals surface area contributed by atoms with Crippen LogP contribution in [0.3, 0.4) is 0 Å². The Morgan fingerprint density at radius 1 is 1.60 bits per heavy atom. The number of carbonyl (C=O) groups is 2. The number of carboxylic acids is 1. The predicted octanol–water partition coefficient (Wildman–Crippen LogP) is -0.290. The van der Waals surface area contributed by atoms with Crippen molar-refractivity contribution in [3.63, 3.8) is 0 Å². The molecule has 20 heavy (non-hydrogen) atoms. The molecule has 8 heteroatoms. The molecule has 110 valence electrons. The monoisotopic (exact) mass is 283 g/mol. The van der Waals surface area contributed by atoms with Crippen LogP contribution in [0.5, 0.6) is 0 Å². The van der Waals surface area contributed by atoms with Crippen LogP contribution in [0.15, 0.2) is 10.6 Å². The van der Waals surface area contributed by atoms with E-state index in [1.807, 2.05) is 11.8 Å². The van der Waals surface area contributed by atoms with Gasteiger partial charge in [0.1, 0.15) is 6.04 Å². The zero-order valence-corrected chi connectivity index (χ0v) is 11.2. The van der Waals surface area contributed by atoms with E-state index in [0.717, 1.165) is 0 Å². The molecule has 2 N–H and O–H groups in total.